The van der Waals surface area contributed by atoms with Crippen molar-refractivity contribution in [3.05, 3.63) is 12.3 Å². The molecule has 0 N–H and O–H groups in total. The number of ether oxygens (including phenoxy) is 1. The number of rotatable bonds is 4. The highest BCUT2D eigenvalue weighted by Crippen LogP contribution is 1.85. The zero-order valence-electron chi connectivity index (χ0n) is 5.06. The van der Waals surface area contributed by atoms with E-state index in [1.165, 1.54) is 0 Å². The van der Waals surface area contributed by atoms with Crippen LogP contribution in [0.15, 0.2) is 12.3 Å². The van der Waals surface area contributed by atoms with Gasteiger partial charge in [-0.3, -0.25) is 0 Å². The average molecular weight is 135 g/mol. The Balaban J connectivity index is 2.72. The van der Waals surface area contributed by atoms with Crippen LogP contribution in [0.2, 0.25) is 0 Å². The first-order valence-corrected chi connectivity index (χ1v) is 3.24. The summed E-state index contributed by atoms with van der Waals surface area (Å²) >= 11 is 5.38. The molecular weight excluding hydrogens is 124 g/mol. The molecule has 0 radical (unpaired) electrons. The van der Waals surface area contributed by atoms with Crippen LogP contribution in [-0.4, -0.2) is 12.5 Å². The van der Waals surface area contributed by atoms with Gasteiger partial charge >= 0.3 is 0 Å². The highest BCUT2D eigenvalue weighted by Gasteiger charge is 1.78. The standard InChI is InChI=1S/C6H11ClO/c1-2-5-8-6-3-4-7/h2,5H,3-4,6H2,1H3. The zero-order chi connectivity index (χ0) is 6.24. The predicted molar refractivity (Wildman–Crippen MR) is 36.1 cm³/mol. The summed E-state index contributed by atoms with van der Waals surface area (Å²) in [4.78, 5) is 0. The first kappa shape index (κ1) is 7.83. The van der Waals surface area contributed by atoms with Gasteiger partial charge in [-0.15, -0.1) is 11.6 Å². The first-order chi connectivity index (χ1) is 3.91. The van der Waals surface area contributed by atoms with E-state index in [0.29, 0.717) is 5.88 Å². The van der Waals surface area contributed by atoms with Gasteiger partial charge in [-0.2, -0.15) is 0 Å². The molecule has 0 rings (SSSR count). The molecule has 0 amide bonds. The third-order valence-corrected chi connectivity index (χ3v) is 0.895. The quantitative estimate of drug-likeness (QED) is 0.325. The molecule has 0 fully saturated rings. The lowest BCUT2D eigenvalue weighted by molar-refractivity contribution is 0.250. The topological polar surface area (TPSA) is 9.23 Å². The maximum absolute atomic E-state index is 5.38. The number of hydrogen-bond donors (Lipinski definition) is 0. The number of hydrogen-bond acceptors (Lipinski definition) is 1. The highest BCUT2D eigenvalue weighted by atomic mass is 35.5. The Hall–Kier alpha value is -0.170. The molecule has 0 aliphatic heterocycles. The highest BCUT2D eigenvalue weighted by molar-refractivity contribution is 6.17. The smallest absolute Gasteiger partial charge is 0.0884 e. The molecule has 0 heterocycles. The van der Waals surface area contributed by atoms with E-state index in [4.69, 9.17) is 16.3 Å². The maximum Gasteiger partial charge on any atom is 0.0884 e. The van der Waals surface area contributed by atoms with Crippen LogP contribution >= 0.6 is 11.6 Å². The van der Waals surface area contributed by atoms with E-state index >= 15 is 0 Å². The summed E-state index contributed by atoms with van der Waals surface area (Å²) in [7, 11) is 0. The van der Waals surface area contributed by atoms with Crippen LogP contribution in [0.1, 0.15) is 13.3 Å². The molecule has 1 nitrogen and oxygen atoms in total. The fourth-order valence-corrected chi connectivity index (χ4v) is 0.411. The van der Waals surface area contributed by atoms with Gasteiger partial charge in [0, 0.05) is 5.88 Å². The molecule has 8 heavy (non-hydrogen) atoms. The molecule has 0 aromatic rings. The minimum atomic E-state index is 0.678. The Bertz CT molecular complexity index is 61.5. The average Bonchev–Trinajstić information content (AvgIpc) is 1.81. The minimum absolute atomic E-state index is 0.678. The molecule has 0 spiro atoms. The molecule has 0 aromatic heterocycles. The minimum Gasteiger partial charge on any atom is -0.501 e. The first-order valence-electron chi connectivity index (χ1n) is 2.70. The van der Waals surface area contributed by atoms with Crippen molar-refractivity contribution in [2.45, 2.75) is 13.3 Å². The Morgan fingerprint density at radius 3 is 2.88 bits per heavy atom. The molecular formula is C6H11ClO. The lowest BCUT2D eigenvalue weighted by atomic mass is 10.5. The molecule has 0 atom stereocenters. The zero-order valence-corrected chi connectivity index (χ0v) is 5.82. The molecule has 0 aromatic carbocycles. The summed E-state index contributed by atoms with van der Waals surface area (Å²) in [5.74, 6) is 0.678. The number of allylic oxidation sites excluding steroid dienone is 1. The van der Waals surface area contributed by atoms with Crippen molar-refractivity contribution in [3.63, 3.8) is 0 Å². The fourth-order valence-electron chi connectivity index (χ4n) is 0.302. The Morgan fingerprint density at radius 2 is 2.38 bits per heavy atom. The summed E-state index contributed by atoms with van der Waals surface area (Å²) < 4.78 is 4.96. The lowest BCUT2D eigenvalue weighted by Crippen LogP contribution is -1.86. The molecule has 2 heteroatoms. The van der Waals surface area contributed by atoms with Crippen molar-refractivity contribution in [1.82, 2.24) is 0 Å². The van der Waals surface area contributed by atoms with Gasteiger partial charge in [0.05, 0.1) is 12.9 Å². The molecule has 0 aliphatic rings. The van der Waals surface area contributed by atoms with Crippen LogP contribution in [0.3, 0.4) is 0 Å². The van der Waals surface area contributed by atoms with Gasteiger partial charge in [-0.05, 0) is 13.3 Å². The number of alkyl halides is 1. The van der Waals surface area contributed by atoms with Crippen molar-refractivity contribution in [2.24, 2.45) is 0 Å². The van der Waals surface area contributed by atoms with E-state index in [1.54, 1.807) is 6.26 Å². The normalized spacial score (nSPS) is 10.2. The van der Waals surface area contributed by atoms with Gasteiger partial charge in [-0.1, -0.05) is 6.08 Å². The maximum atomic E-state index is 5.38. The van der Waals surface area contributed by atoms with E-state index in [1.807, 2.05) is 13.0 Å². The molecule has 0 saturated heterocycles. The largest absolute Gasteiger partial charge is 0.501 e. The van der Waals surface area contributed by atoms with Crippen molar-refractivity contribution >= 4 is 11.6 Å². The summed E-state index contributed by atoms with van der Waals surface area (Å²) in [5, 5.41) is 0. The molecule has 48 valence electrons. The number of halogens is 1. The second-order valence-electron chi connectivity index (χ2n) is 1.38. The van der Waals surface area contributed by atoms with E-state index < -0.39 is 0 Å². The third-order valence-electron chi connectivity index (χ3n) is 0.628. The molecule has 0 bridgehead atoms. The van der Waals surface area contributed by atoms with Crippen LogP contribution in [-0.2, 0) is 4.74 Å². The molecule has 0 aliphatic carbocycles. The van der Waals surface area contributed by atoms with Crippen molar-refractivity contribution in [3.8, 4) is 0 Å². The van der Waals surface area contributed by atoms with E-state index in [-0.39, 0.29) is 0 Å². The fraction of sp³-hybridized carbons (Fsp3) is 0.667. The second-order valence-corrected chi connectivity index (χ2v) is 1.76. The van der Waals surface area contributed by atoms with Crippen molar-refractivity contribution in [2.75, 3.05) is 12.5 Å². The Kier molecular flexibility index (Phi) is 6.68. The van der Waals surface area contributed by atoms with Crippen LogP contribution in [0.4, 0.5) is 0 Å². The van der Waals surface area contributed by atoms with Gasteiger partial charge < -0.3 is 4.74 Å². The summed E-state index contributed by atoms with van der Waals surface area (Å²) in [6.07, 6.45) is 4.45. The Morgan fingerprint density at radius 1 is 1.62 bits per heavy atom. The van der Waals surface area contributed by atoms with Gasteiger partial charge in [0.15, 0.2) is 0 Å². The third kappa shape index (κ3) is 5.83. The SMILES string of the molecule is CC=COCCCCl. The van der Waals surface area contributed by atoms with Crippen LogP contribution in [0.25, 0.3) is 0 Å². The predicted octanol–water partition coefficient (Wildman–Crippen LogP) is 2.17. The van der Waals surface area contributed by atoms with Gasteiger partial charge in [0.2, 0.25) is 0 Å². The van der Waals surface area contributed by atoms with Crippen molar-refractivity contribution < 1.29 is 4.74 Å². The molecule has 0 unspecified atom stereocenters. The van der Waals surface area contributed by atoms with Gasteiger partial charge in [-0.25, -0.2) is 0 Å². The van der Waals surface area contributed by atoms with Crippen LogP contribution in [0.5, 0.6) is 0 Å². The lowest BCUT2D eigenvalue weighted by Gasteiger charge is -1.94. The summed E-state index contributed by atoms with van der Waals surface area (Å²) in [6, 6.07) is 0. The van der Waals surface area contributed by atoms with Crippen LogP contribution < -0.4 is 0 Å². The van der Waals surface area contributed by atoms with Crippen molar-refractivity contribution in [1.29, 1.82) is 0 Å². The molecule has 0 saturated carbocycles. The van der Waals surface area contributed by atoms with E-state index in [0.717, 1.165) is 13.0 Å². The summed E-state index contributed by atoms with van der Waals surface area (Å²) in [5.41, 5.74) is 0. The second kappa shape index (κ2) is 6.83. The van der Waals surface area contributed by atoms with E-state index in [2.05, 4.69) is 0 Å². The van der Waals surface area contributed by atoms with Gasteiger partial charge in [0.25, 0.3) is 0 Å². The Labute approximate surface area is 55.3 Å². The summed E-state index contributed by atoms with van der Waals surface area (Å²) in [6.45, 7) is 2.65. The van der Waals surface area contributed by atoms with E-state index in [9.17, 15) is 0 Å². The monoisotopic (exact) mass is 134 g/mol. The van der Waals surface area contributed by atoms with Gasteiger partial charge in [0.1, 0.15) is 0 Å². The van der Waals surface area contributed by atoms with Crippen LogP contribution in [0, 0.1) is 0 Å².